The Morgan fingerprint density at radius 3 is 2.23 bits per heavy atom. The van der Waals surface area contributed by atoms with Crippen LogP contribution in [0.15, 0.2) is 53.7 Å². The van der Waals surface area contributed by atoms with Crippen molar-refractivity contribution in [1.82, 2.24) is 14.8 Å². The molecule has 1 aliphatic rings. The number of hydroxylamine groups is 1. The maximum Gasteiger partial charge on any atom is 0.262 e. The molecule has 35 heavy (non-hydrogen) atoms. The Morgan fingerprint density at radius 2 is 1.71 bits per heavy atom. The third kappa shape index (κ3) is 7.37. The Bertz CT molecular complexity index is 1030. The van der Waals surface area contributed by atoms with E-state index in [4.69, 9.17) is 9.47 Å². The Hall–Kier alpha value is -2.24. The van der Waals surface area contributed by atoms with Crippen LogP contribution in [0.1, 0.15) is 45.1 Å². The first kappa shape index (κ1) is 29.0. The summed E-state index contributed by atoms with van der Waals surface area (Å²) in [5.74, 6) is -0.513. The van der Waals surface area contributed by atoms with Gasteiger partial charge < -0.3 is 9.47 Å². The maximum atomic E-state index is 13.8. The number of sulfonamides is 1. The molecule has 0 radical (unpaired) electrons. The highest BCUT2D eigenvalue weighted by Crippen LogP contribution is 2.35. The van der Waals surface area contributed by atoms with Crippen molar-refractivity contribution in [3.63, 3.8) is 0 Å². The average molecular weight is 528 g/mol. The molecule has 3 rings (SSSR count). The van der Waals surface area contributed by atoms with Crippen molar-refractivity contribution < 1.29 is 27.9 Å². The number of benzene rings is 1. The number of carbonyl (C=O) groups excluding carboxylic acids is 1. The van der Waals surface area contributed by atoms with Crippen LogP contribution < -0.4 is 10.2 Å². The van der Waals surface area contributed by atoms with Gasteiger partial charge >= 0.3 is 0 Å². The first-order chi connectivity index (χ1) is 16.3. The van der Waals surface area contributed by atoms with Gasteiger partial charge in [-0.25, -0.2) is 13.9 Å². The second-order valence-electron chi connectivity index (χ2n) is 8.72. The van der Waals surface area contributed by atoms with Crippen LogP contribution in [0.3, 0.4) is 0 Å². The molecule has 0 aliphatic heterocycles. The number of nitrogens with zero attached hydrogens (tertiary/aromatic N) is 2. The molecule has 11 heteroatoms. The van der Waals surface area contributed by atoms with Gasteiger partial charge in [-0.3, -0.25) is 15.0 Å². The Labute approximate surface area is 213 Å². The summed E-state index contributed by atoms with van der Waals surface area (Å²) >= 11 is 0. The normalized spacial score (nSPS) is 19.1. The lowest BCUT2D eigenvalue weighted by molar-refractivity contribution is -0.136. The first-order valence-electron chi connectivity index (χ1n) is 11.4. The van der Waals surface area contributed by atoms with E-state index in [1.807, 2.05) is 13.8 Å². The molecule has 0 unspecified atom stereocenters. The topological polar surface area (TPSA) is 118 Å². The minimum atomic E-state index is -4.11. The molecule has 0 bridgehead atoms. The van der Waals surface area contributed by atoms with Crippen LogP contribution >= 0.6 is 12.4 Å². The van der Waals surface area contributed by atoms with E-state index in [0.717, 1.165) is 0 Å². The number of ether oxygens (including phenoxy) is 2. The third-order valence-electron chi connectivity index (χ3n) is 6.07. The largest absolute Gasteiger partial charge is 0.497 e. The van der Waals surface area contributed by atoms with Crippen LogP contribution in [0.2, 0.25) is 0 Å². The van der Waals surface area contributed by atoms with E-state index < -0.39 is 22.0 Å². The van der Waals surface area contributed by atoms with Gasteiger partial charge in [0.05, 0.1) is 24.2 Å². The molecule has 1 heterocycles. The molecule has 1 aromatic carbocycles. The number of rotatable bonds is 10. The summed E-state index contributed by atoms with van der Waals surface area (Å²) in [4.78, 5) is 17.0. The van der Waals surface area contributed by atoms with E-state index in [2.05, 4.69) is 4.98 Å². The zero-order chi connectivity index (χ0) is 24.7. The summed E-state index contributed by atoms with van der Waals surface area (Å²) in [5.41, 5.74) is 2.39. The lowest BCUT2D eigenvalue weighted by atomic mass is 9.82. The zero-order valence-corrected chi connectivity index (χ0v) is 21.8. The van der Waals surface area contributed by atoms with Crippen LogP contribution in [-0.4, -0.2) is 54.2 Å². The van der Waals surface area contributed by atoms with Gasteiger partial charge in [-0.15, -0.1) is 12.4 Å². The third-order valence-corrected chi connectivity index (χ3v) is 7.91. The van der Waals surface area contributed by atoms with E-state index in [-0.39, 0.29) is 42.0 Å². The highest BCUT2D eigenvalue weighted by Gasteiger charge is 2.42. The molecular weight excluding hydrogens is 494 g/mol. The lowest BCUT2D eigenvalue weighted by Gasteiger charge is -2.38. The summed E-state index contributed by atoms with van der Waals surface area (Å²) in [6, 6.07) is 8.35. The van der Waals surface area contributed by atoms with Gasteiger partial charge in [0.15, 0.2) is 0 Å². The molecule has 1 atom stereocenters. The minimum absolute atomic E-state index is 0. The molecule has 9 nitrogen and oxygen atoms in total. The molecule has 1 amide bonds. The zero-order valence-electron chi connectivity index (χ0n) is 20.2. The Morgan fingerprint density at radius 1 is 1.11 bits per heavy atom. The predicted octanol–water partition coefficient (Wildman–Crippen LogP) is 3.56. The quantitative estimate of drug-likeness (QED) is 0.358. The van der Waals surface area contributed by atoms with Gasteiger partial charge in [0.2, 0.25) is 10.0 Å². The average Bonchev–Trinajstić information content (AvgIpc) is 2.84. The molecule has 1 aliphatic carbocycles. The predicted molar refractivity (Wildman–Crippen MR) is 133 cm³/mol. The van der Waals surface area contributed by atoms with Crippen molar-refractivity contribution in [3.05, 3.63) is 54.4 Å². The number of amides is 1. The smallest absolute Gasteiger partial charge is 0.262 e. The summed E-state index contributed by atoms with van der Waals surface area (Å²) in [6.07, 6.45) is 5.93. The molecule has 194 valence electrons. The van der Waals surface area contributed by atoms with Crippen LogP contribution in [0.5, 0.6) is 5.75 Å². The van der Waals surface area contributed by atoms with Crippen molar-refractivity contribution >= 4 is 28.3 Å². The molecule has 1 saturated carbocycles. The Balaban J connectivity index is 0.00000432. The van der Waals surface area contributed by atoms with Gasteiger partial charge in [-0.05, 0) is 87.4 Å². The molecule has 2 N–H and O–H groups in total. The highest BCUT2D eigenvalue weighted by atomic mass is 35.5. The highest BCUT2D eigenvalue weighted by molar-refractivity contribution is 7.89. The summed E-state index contributed by atoms with van der Waals surface area (Å²) in [5, 5.41) is 9.55. The first-order valence-corrected chi connectivity index (χ1v) is 12.8. The second kappa shape index (κ2) is 13.2. The number of halogens is 1. The molecule has 1 fully saturated rings. The summed E-state index contributed by atoms with van der Waals surface area (Å²) < 4.78 is 39.9. The number of hydrogen-bond acceptors (Lipinski definition) is 7. The van der Waals surface area contributed by atoms with Crippen LogP contribution in [-0.2, 0) is 26.1 Å². The SMILES string of the molecule is COc1ccc(S(=O)(=O)N(Cc2ccncc2)[C@@H](C(=O)NO)[C@H]2CC[C@H](OC(C)C)CC2)cc1.Cl. The van der Waals surface area contributed by atoms with Crippen molar-refractivity contribution in [3.8, 4) is 5.75 Å². The number of hydrogen-bond donors (Lipinski definition) is 2. The Kier molecular flexibility index (Phi) is 10.9. The molecule has 0 saturated heterocycles. The van der Waals surface area contributed by atoms with Gasteiger partial charge in [-0.1, -0.05) is 0 Å². The minimum Gasteiger partial charge on any atom is -0.497 e. The fraction of sp³-hybridized carbons (Fsp3) is 0.500. The summed E-state index contributed by atoms with van der Waals surface area (Å²) in [6.45, 7) is 3.91. The van der Waals surface area contributed by atoms with E-state index in [1.165, 1.54) is 23.5 Å². The van der Waals surface area contributed by atoms with Gasteiger partial charge in [0.25, 0.3) is 5.91 Å². The summed E-state index contributed by atoms with van der Waals surface area (Å²) in [7, 11) is -2.61. The maximum absolute atomic E-state index is 13.8. The van der Waals surface area contributed by atoms with Crippen LogP contribution in [0.4, 0.5) is 0 Å². The van der Waals surface area contributed by atoms with Crippen LogP contribution in [0.25, 0.3) is 0 Å². The van der Waals surface area contributed by atoms with Crippen molar-refractivity contribution in [1.29, 1.82) is 0 Å². The standard InChI is InChI=1S/C24H33N3O6S.ClH/c1-17(2)33-21-6-4-19(5-7-21)23(24(28)26-29)27(16-18-12-14-25-15-13-18)34(30,31)22-10-8-20(32-3)9-11-22;/h8-15,17,19,21,23,29H,4-7,16H2,1-3H3,(H,26,28);1H/t19-,21-,23-;/m1./s1. The van der Waals surface area contributed by atoms with E-state index in [0.29, 0.717) is 37.0 Å². The van der Waals surface area contributed by atoms with Gasteiger partial charge in [0.1, 0.15) is 11.8 Å². The number of nitrogens with one attached hydrogen (secondary N) is 1. The van der Waals surface area contributed by atoms with E-state index in [1.54, 1.807) is 42.1 Å². The monoisotopic (exact) mass is 527 g/mol. The molecule has 2 aromatic rings. The molecular formula is C24H34ClN3O6S. The van der Waals surface area contributed by atoms with E-state index in [9.17, 15) is 18.4 Å². The van der Waals surface area contributed by atoms with Crippen LogP contribution in [0, 0.1) is 5.92 Å². The van der Waals surface area contributed by atoms with Crippen molar-refractivity contribution in [2.45, 2.75) is 69.2 Å². The fourth-order valence-electron chi connectivity index (χ4n) is 4.46. The second-order valence-corrected chi connectivity index (χ2v) is 10.6. The molecule has 0 spiro atoms. The number of carbonyl (C=O) groups is 1. The number of aromatic nitrogens is 1. The number of methoxy groups -OCH3 is 1. The van der Waals surface area contributed by atoms with Gasteiger partial charge in [-0.2, -0.15) is 4.31 Å². The van der Waals surface area contributed by atoms with Gasteiger partial charge in [0, 0.05) is 18.9 Å². The van der Waals surface area contributed by atoms with E-state index >= 15 is 0 Å². The lowest BCUT2D eigenvalue weighted by Crippen LogP contribution is -2.53. The number of pyridine rings is 1. The van der Waals surface area contributed by atoms with Crippen molar-refractivity contribution in [2.24, 2.45) is 5.92 Å². The molecule has 1 aromatic heterocycles. The fourth-order valence-corrected chi connectivity index (χ4v) is 6.09. The van der Waals surface area contributed by atoms with Crippen molar-refractivity contribution in [2.75, 3.05) is 7.11 Å².